The van der Waals surface area contributed by atoms with E-state index >= 15 is 0 Å². The first-order valence-corrected chi connectivity index (χ1v) is 6.57. The molecular weight excluding hydrogens is 230 g/mol. The first kappa shape index (κ1) is 15.0. The van der Waals surface area contributed by atoms with Crippen molar-refractivity contribution in [1.29, 1.82) is 0 Å². The number of hydrogen-bond donors (Lipinski definition) is 3. The Morgan fingerprint density at radius 1 is 1.17 bits per heavy atom. The van der Waals surface area contributed by atoms with Crippen LogP contribution in [0.4, 0.5) is 0 Å². The molecule has 5 nitrogen and oxygen atoms in total. The Labute approximate surface area is 109 Å². The molecule has 0 bridgehead atoms. The van der Waals surface area contributed by atoms with E-state index in [1.807, 2.05) is 20.8 Å². The normalized spacial score (nSPS) is 18.4. The van der Waals surface area contributed by atoms with Crippen LogP contribution in [0.5, 0.6) is 0 Å². The molecule has 2 amide bonds. The topological polar surface area (TPSA) is 84.2 Å². The fourth-order valence-electron chi connectivity index (χ4n) is 2.28. The van der Waals surface area contributed by atoms with Gasteiger partial charge in [0.05, 0.1) is 6.54 Å². The Balaban J connectivity index is 2.27. The third kappa shape index (κ3) is 5.49. The molecule has 0 aromatic heterocycles. The quantitative estimate of drug-likeness (QED) is 0.690. The minimum absolute atomic E-state index is 0.0200. The van der Waals surface area contributed by atoms with Crippen molar-refractivity contribution in [3.63, 3.8) is 0 Å². The van der Waals surface area contributed by atoms with Crippen molar-refractivity contribution >= 4 is 11.8 Å². The van der Waals surface area contributed by atoms with Gasteiger partial charge in [-0.1, -0.05) is 12.8 Å². The molecule has 5 heteroatoms. The van der Waals surface area contributed by atoms with Crippen molar-refractivity contribution in [2.75, 3.05) is 6.54 Å². The fourth-order valence-corrected chi connectivity index (χ4v) is 2.28. The van der Waals surface area contributed by atoms with E-state index in [0.717, 1.165) is 25.7 Å². The summed E-state index contributed by atoms with van der Waals surface area (Å²) in [6, 6.07) is 0. The third-order valence-corrected chi connectivity index (χ3v) is 3.07. The highest BCUT2D eigenvalue weighted by atomic mass is 16.2. The summed E-state index contributed by atoms with van der Waals surface area (Å²) in [7, 11) is 0. The third-order valence-electron chi connectivity index (χ3n) is 3.07. The number of rotatable bonds is 4. The lowest BCUT2D eigenvalue weighted by molar-refractivity contribution is -0.127. The molecule has 1 aliphatic rings. The van der Waals surface area contributed by atoms with Gasteiger partial charge in [-0.15, -0.1) is 0 Å². The largest absolute Gasteiger partial charge is 0.350 e. The summed E-state index contributed by atoms with van der Waals surface area (Å²) in [5, 5.41) is 5.42. The lowest BCUT2D eigenvalue weighted by Gasteiger charge is -2.23. The number of carbonyl (C=O) groups excluding carboxylic acids is 2. The first-order chi connectivity index (χ1) is 8.20. The van der Waals surface area contributed by atoms with E-state index in [1.165, 1.54) is 0 Å². The van der Waals surface area contributed by atoms with Crippen LogP contribution >= 0.6 is 0 Å². The van der Waals surface area contributed by atoms with E-state index in [-0.39, 0.29) is 29.4 Å². The van der Waals surface area contributed by atoms with E-state index in [1.54, 1.807) is 0 Å². The van der Waals surface area contributed by atoms with E-state index in [4.69, 9.17) is 5.73 Å². The maximum absolute atomic E-state index is 11.7. The van der Waals surface area contributed by atoms with Gasteiger partial charge in [0.2, 0.25) is 11.8 Å². The average Bonchev–Trinajstić information content (AvgIpc) is 2.59. The van der Waals surface area contributed by atoms with Gasteiger partial charge in [-0.3, -0.25) is 9.59 Å². The SMILES string of the molecule is CC(C)(C)NC(=O)CNC(=O)CC1(N)CCCC1. The fraction of sp³-hybridized carbons (Fsp3) is 0.846. The molecule has 0 aromatic carbocycles. The van der Waals surface area contributed by atoms with Crippen LogP contribution in [0.15, 0.2) is 0 Å². The second-order valence-electron chi connectivity index (χ2n) is 6.32. The number of nitrogens with one attached hydrogen (secondary N) is 2. The summed E-state index contributed by atoms with van der Waals surface area (Å²) in [6.07, 6.45) is 4.29. The van der Waals surface area contributed by atoms with Crippen LogP contribution in [0, 0.1) is 0 Å². The summed E-state index contributed by atoms with van der Waals surface area (Å²) >= 11 is 0. The van der Waals surface area contributed by atoms with Crippen LogP contribution in [0.3, 0.4) is 0 Å². The summed E-state index contributed by atoms with van der Waals surface area (Å²) in [5.41, 5.74) is 5.47. The molecule has 0 heterocycles. The summed E-state index contributed by atoms with van der Waals surface area (Å²) < 4.78 is 0. The molecule has 4 N–H and O–H groups in total. The molecule has 104 valence electrons. The molecule has 0 spiro atoms. The van der Waals surface area contributed by atoms with Gasteiger partial charge >= 0.3 is 0 Å². The molecule has 1 saturated carbocycles. The van der Waals surface area contributed by atoms with Crippen molar-refractivity contribution in [2.24, 2.45) is 5.73 Å². The van der Waals surface area contributed by atoms with Crippen LogP contribution in [-0.4, -0.2) is 29.4 Å². The summed E-state index contributed by atoms with van der Waals surface area (Å²) in [5.74, 6) is -0.309. The van der Waals surface area contributed by atoms with Crippen molar-refractivity contribution in [1.82, 2.24) is 10.6 Å². The van der Waals surface area contributed by atoms with E-state index in [9.17, 15) is 9.59 Å². The number of hydrogen-bond acceptors (Lipinski definition) is 3. The molecule has 0 aliphatic heterocycles. The van der Waals surface area contributed by atoms with Gasteiger partial charge < -0.3 is 16.4 Å². The molecule has 0 radical (unpaired) electrons. The Bertz CT molecular complexity index is 315. The minimum Gasteiger partial charge on any atom is -0.350 e. The lowest BCUT2D eigenvalue weighted by atomic mass is 9.94. The Morgan fingerprint density at radius 2 is 1.72 bits per heavy atom. The molecule has 0 saturated heterocycles. The van der Waals surface area contributed by atoms with Crippen LogP contribution in [-0.2, 0) is 9.59 Å². The minimum atomic E-state index is -0.357. The van der Waals surface area contributed by atoms with E-state index in [0.29, 0.717) is 6.42 Å². The Kier molecular flexibility index (Phi) is 4.73. The maximum atomic E-state index is 11.7. The number of nitrogens with two attached hydrogens (primary N) is 1. The van der Waals surface area contributed by atoms with Crippen molar-refractivity contribution in [3.8, 4) is 0 Å². The smallest absolute Gasteiger partial charge is 0.239 e. The van der Waals surface area contributed by atoms with Crippen LogP contribution in [0.25, 0.3) is 0 Å². The lowest BCUT2D eigenvalue weighted by Crippen LogP contribution is -2.47. The van der Waals surface area contributed by atoms with Gasteiger partial charge in [-0.05, 0) is 33.6 Å². The zero-order valence-corrected chi connectivity index (χ0v) is 11.6. The molecule has 0 atom stereocenters. The van der Waals surface area contributed by atoms with Gasteiger partial charge in [0, 0.05) is 17.5 Å². The second-order valence-corrected chi connectivity index (χ2v) is 6.32. The zero-order valence-electron chi connectivity index (χ0n) is 11.6. The standard InChI is InChI=1S/C13H25N3O2/c1-12(2,3)16-11(18)9-15-10(17)8-13(14)6-4-5-7-13/h4-9,14H2,1-3H3,(H,15,17)(H,16,18). The van der Waals surface area contributed by atoms with Gasteiger partial charge in [-0.2, -0.15) is 0 Å². The monoisotopic (exact) mass is 255 g/mol. The Hall–Kier alpha value is -1.10. The highest BCUT2D eigenvalue weighted by molar-refractivity contribution is 5.85. The molecule has 1 aliphatic carbocycles. The first-order valence-electron chi connectivity index (χ1n) is 6.57. The van der Waals surface area contributed by atoms with Gasteiger partial charge in [0.15, 0.2) is 0 Å². The average molecular weight is 255 g/mol. The van der Waals surface area contributed by atoms with E-state index in [2.05, 4.69) is 10.6 Å². The maximum Gasteiger partial charge on any atom is 0.239 e. The summed E-state index contributed by atoms with van der Waals surface area (Å²) in [6.45, 7) is 5.73. The molecule has 1 fully saturated rings. The summed E-state index contributed by atoms with van der Waals surface area (Å²) in [4.78, 5) is 23.2. The Morgan fingerprint density at radius 3 is 2.22 bits per heavy atom. The second kappa shape index (κ2) is 5.69. The molecule has 0 aromatic rings. The molecular formula is C13H25N3O2. The predicted molar refractivity (Wildman–Crippen MR) is 70.9 cm³/mol. The number of amides is 2. The van der Waals surface area contributed by atoms with Gasteiger partial charge in [-0.25, -0.2) is 0 Å². The van der Waals surface area contributed by atoms with Crippen LogP contribution in [0.2, 0.25) is 0 Å². The van der Waals surface area contributed by atoms with Crippen molar-refractivity contribution in [2.45, 2.75) is 64.0 Å². The van der Waals surface area contributed by atoms with Crippen molar-refractivity contribution < 1.29 is 9.59 Å². The van der Waals surface area contributed by atoms with Gasteiger partial charge in [0.25, 0.3) is 0 Å². The highest BCUT2D eigenvalue weighted by Gasteiger charge is 2.31. The van der Waals surface area contributed by atoms with E-state index < -0.39 is 0 Å². The van der Waals surface area contributed by atoms with Gasteiger partial charge in [0.1, 0.15) is 0 Å². The highest BCUT2D eigenvalue weighted by Crippen LogP contribution is 2.29. The predicted octanol–water partition coefficient (Wildman–Crippen LogP) is 0.679. The van der Waals surface area contributed by atoms with Crippen LogP contribution < -0.4 is 16.4 Å². The zero-order chi connectivity index (χ0) is 13.8. The number of carbonyl (C=O) groups is 2. The molecule has 1 rings (SSSR count). The molecule has 0 unspecified atom stereocenters. The van der Waals surface area contributed by atoms with Crippen LogP contribution in [0.1, 0.15) is 52.9 Å². The molecule has 18 heavy (non-hydrogen) atoms. The van der Waals surface area contributed by atoms with Crippen molar-refractivity contribution in [3.05, 3.63) is 0 Å².